The number of rotatable bonds is 4. The zero-order valence-electron chi connectivity index (χ0n) is 15.9. The van der Waals surface area contributed by atoms with Crippen molar-refractivity contribution in [1.82, 2.24) is 4.90 Å². The Balaban J connectivity index is 1.64. The second kappa shape index (κ2) is 7.80. The van der Waals surface area contributed by atoms with Gasteiger partial charge in [0.25, 0.3) is 0 Å². The summed E-state index contributed by atoms with van der Waals surface area (Å²) in [5.74, 6) is 0.894. The average Bonchev–Trinajstić information content (AvgIpc) is 2.66. The summed E-state index contributed by atoms with van der Waals surface area (Å²) in [6.45, 7) is 8.08. The summed E-state index contributed by atoms with van der Waals surface area (Å²) in [7, 11) is 1.68. The van der Waals surface area contributed by atoms with E-state index in [2.05, 4.69) is 24.8 Å². The van der Waals surface area contributed by atoms with E-state index < -0.39 is 11.7 Å². The van der Waals surface area contributed by atoms with Crippen LogP contribution in [-0.2, 0) is 12.7 Å². The Bertz CT molecular complexity index is 796. The van der Waals surface area contributed by atoms with Crippen LogP contribution >= 0.6 is 0 Å². The summed E-state index contributed by atoms with van der Waals surface area (Å²) in [6, 6.07) is 9.69. The van der Waals surface area contributed by atoms with E-state index in [0.717, 1.165) is 50.1 Å². The molecule has 146 valence electrons. The van der Waals surface area contributed by atoms with Crippen LogP contribution in [0.4, 0.5) is 18.9 Å². The molecule has 3 nitrogen and oxygen atoms in total. The summed E-state index contributed by atoms with van der Waals surface area (Å²) >= 11 is 0. The predicted octanol–water partition coefficient (Wildman–Crippen LogP) is 4.65. The quantitative estimate of drug-likeness (QED) is 0.770. The van der Waals surface area contributed by atoms with Crippen molar-refractivity contribution in [2.75, 3.05) is 38.2 Å². The molecule has 1 fully saturated rings. The number of anilines is 1. The van der Waals surface area contributed by atoms with Crippen LogP contribution in [0.2, 0.25) is 0 Å². The lowest BCUT2D eigenvalue weighted by molar-refractivity contribution is -0.137. The van der Waals surface area contributed by atoms with E-state index in [-0.39, 0.29) is 0 Å². The van der Waals surface area contributed by atoms with Crippen molar-refractivity contribution in [3.63, 3.8) is 0 Å². The molecular weight excluding hydrogens is 353 g/mol. The molecule has 1 aliphatic heterocycles. The minimum Gasteiger partial charge on any atom is -0.496 e. The topological polar surface area (TPSA) is 15.7 Å². The van der Waals surface area contributed by atoms with E-state index in [1.165, 1.54) is 23.3 Å². The summed E-state index contributed by atoms with van der Waals surface area (Å²) < 4.78 is 44.2. The number of hydrogen-bond acceptors (Lipinski definition) is 3. The zero-order chi connectivity index (χ0) is 19.6. The molecule has 0 spiro atoms. The molecular formula is C21H25F3N2O. The first-order chi connectivity index (χ1) is 12.8. The predicted molar refractivity (Wildman–Crippen MR) is 101 cm³/mol. The SMILES string of the molecule is COc1ccc(CN2CCN(c3cccc(C(F)(F)F)c3)CC2)c(C)c1C. The molecule has 1 heterocycles. The Morgan fingerprint density at radius 2 is 1.67 bits per heavy atom. The van der Waals surface area contributed by atoms with E-state index in [1.807, 2.05) is 11.0 Å². The third-order valence-electron chi connectivity index (χ3n) is 5.37. The fraction of sp³-hybridized carbons (Fsp3) is 0.429. The zero-order valence-corrected chi connectivity index (χ0v) is 15.9. The van der Waals surface area contributed by atoms with Gasteiger partial charge in [-0.15, -0.1) is 0 Å². The Kier molecular flexibility index (Phi) is 5.65. The Hall–Kier alpha value is -2.21. The summed E-state index contributed by atoms with van der Waals surface area (Å²) in [5, 5.41) is 0. The van der Waals surface area contributed by atoms with Gasteiger partial charge in [-0.2, -0.15) is 13.2 Å². The third-order valence-corrected chi connectivity index (χ3v) is 5.37. The second-order valence-electron chi connectivity index (χ2n) is 6.99. The van der Waals surface area contributed by atoms with Gasteiger partial charge < -0.3 is 9.64 Å². The van der Waals surface area contributed by atoms with Crippen LogP contribution in [0.1, 0.15) is 22.3 Å². The normalized spacial score (nSPS) is 15.9. The highest BCUT2D eigenvalue weighted by atomic mass is 19.4. The Morgan fingerprint density at radius 3 is 2.30 bits per heavy atom. The molecule has 0 saturated carbocycles. The van der Waals surface area contributed by atoms with E-state index in [4.69, 9.17) is 4.74 Å². The van der Waals surface area contributed by atoms with Crippen molar-refractivity contribution in [2.24, 2.45) is 0 Å². The van der Waals surface area contributed by atoms with E-state index in [1.54, 1.807) is 13.2 Å². The first kappa shape index (κ1) is 19.5. The lowest BCUT2D eigenvalue weighted by Gasteiger charge is -2.36. The number of alkyl halides is 3. The average molecular weight is 378 g/mol. The number of halogens is 3. The fourth-order valence-electron chi connectivity index (χ4n) is 3.53. The van der Waals surface area contributed by atoms with Gasteiger partial charge in [-0.25, -0.2) is 0 Å². The minimum atomic E-state index is -4.30. The van der Waals surface area contributed by atoms with Gasteiger partial charge in [0.2, 0.25) is 0 Å². The molecule has 0 N–H and O–H groups in total. The van der Waals surface area contributed by atoms with Gasteiger partial charge in [-0.1, -0.05) is 12.1 Å². The maximum Gasteiger partial charge on any atom is 0.416 e. The molecule has 3 rings (SSSR count). The van der Waals surface area contributed by atoms with Crippen molar-refractivity contribution in [2.45, 2.75) is 26.6 Å². The van der Waals surface area contributed by atoms with Crippen LogP contribution < -0.4 is 9.64 Å². The number of ether oxygens (including phenoxy) is 1. The van der Waals surface area contributed by atoms with Crippen molar-refractivity contribution >= 4 is 5.69 Å². The van der Waals surface area contributed by atoms with E-state index >= 15 is 0 Å². The molecule has 1 aliphatic rings. The van der Waals surface area contributed by atoms with Gasteiger partial charge in [0.05, 0.1) is 12.7 Å². The Morgan fingerprint density at radius 1 is 0.963 bits per heavy atom. The maximum absolute atomic E-state index is 12.9. The van der Waals surface area contributed by atoms with Crippen LogP contribution in [-0.4, -0.2) is 38.2 Å². The standard InChI is InChI=1S/C21H25F3N2O/c1-15-16(2)20(27-3)8-7-17(15)14-25-9-11-26(12-10-25)19-6-4-5-18(13-19)21(22,23)24/h4-8,13H,9-12,14H2,1-3H3. The summed E-state index contributed by atoms with van der Waals surface area (Å²) in [6.07, 6.45) is -4.30. The number of methoxy groups -OCH3 is 1. The molecule has 0 atom stereocenters. The molecule has 2 aromatic rings. The van der Waals surface area contributed by atoms with Crippen LogP contribution in [0, 0.1) is 13.8 Å². The van der Waals surface area contributed by atoms with Gasteiger partial charge in [-0.05, 0) is 54.8 Å². The lowest BCUT2D eigenvalue weighted by Crippen LogP contribution is -2.46. The van der Waals surface area contributed by atoms with Crippen molar-refractivity contribution < 1.29 is 17.9 Å². The number of benzene rings is 2. The molecule has 0 aliphatic carbocycles. The third kappa shape index (κ3) is 4.38. The van der Waals surface area contributed by atoms with Gasteiger partial charge in [0.15, 0.2) is 0 Å². The minimum absolute atomic E-state index is 0.591. The molecule has 2 aromatic carbocycles. The number of nitrogens with zero attached hydrogens (tertiary/aromatic N) is 2. The van der Waals surface area contributed by atoms with Crippen molar-refractivity contribution in [3.05, 3.63) is 58.7 Å². The van der Waals surface area contributed by atoms with Crippen LogP contribution in [0.3, 0.4) is 0 Å². The molecule has 0 bridgehead atoms. The maximum atomic E-state index is 12.9. The van der Waals surface area contributed by atoms with E-state index in [0.29, 0.717) is 5.69 Å². The molecule has 1 saturated heterocycles. The highest BCUT2D eigenvalue weighted by Crippen LogP contribution is 2.32. The van der Waals surface area contributed by atoms with Crippen molar-refractivity contribution in [1.29, 1.82) is 0 Å². The van der Waals surface area contributed by atoms with Crippen LogP contribution in [0.25, 0.3) is 0 Å². The summed E-state index contributed by atoms with van der Waals surface area (Å²) in [5.41, 5.74) is 3.70. The molecule has 6 heteroatoms. The van der Waals surface area contributed by atoms with Crippen LogP contribution in [0.5, 0.6) is 5.75 Å². The molecule has 0 aromatic heterocycles. The number of piperazine rings is 1. The highest BCUT2D eigenvalue weighted by Gasteiger charge is 2.31. The smallest absolute Gasteiger partial charge is 0.416 e. The van der Waals surface area contributed by atoms with Gasteiger partial charge in [0.1, 0.15) is 5.75 Å². The van der Waals surface area contributed by atoms with Gasteiger partial charge >= 0.3 is 6.18 Å². The molecule has 0 amide bonds. The van der Waals surface area contributed by atoms with Gasteiger partial charge in [0, 0.05) is 38.4 Å². The van der Waals surface area contributed by atoms with Gasteiger partial charge in [-0.3, -0.25) is 4.90 Å². The highest BCUT2D eigenvalue weighted by molar-refractivity contribution is 5.50. The molecule has 27 heavy (non-hydrogen) atoms. The summed E-state index contributed by atoms with van der Waals surface area (Å²) in [4.78, 5) is 4.37. The first-order valence-corrected chi connectivity index (χ1v) is 9.07. The monoisotopic (exact) mass is 378 g/mol. The molecule has 0 unspecified atom stereocenters. The fourth-order valence-corrected chi connectivity index (χ4v) is 3.53. The molecule has 0 radical (unpaired) electrons. The van der Waals surface area contributed by atoms with Crippen molar-refractivity contribution in [3.8, 4) is 5.75 Å². The van der Waals surface area contributed by atoms with Crippen LogP contribution in [0.15, 0.2) is 36.4 Å². The second-order valence-corrected chi connectivity index (χ2v) is 6.99. The lowest BCUT2D eigenvalue weighted by atomic mass is 10.0. The number of hydrogen-bond donors (Lipinski definition) is 0. The largest absolute Gasteiger partial charge is 0.496 e. The van der Waals surface area contributed by atoms with E-state index in [9.17, 15) is 13.2 Å². The Labute approximate surface area is 158 Å². The first-order valence-electron chi connectivity index (χ1n) is 9.07.